The van der Waals surface area contributed by atoms with Gasteiger partial charge in [-0.15, -0.1) is 11.3 Å². The van der Waals surface area contributed by atoms with Crippen LogP contribution >= 0.6 is 11.3 Å². The normalized spacial score (nSPS) is 16.0. The van der Waals surface area contributed by atoms with Gasteiger partial charge in [0.2, 0.25) is 11.8 Å². The van der Waals surface area contributed by atoms with E-state index >= 15 is 0 Å². The number of rotatable bonds is 10. The summed E-state index contributed by atoms with van der Waals surface area (Å²) in [5.41, 5.74) is 2.05. The number of thiazole rings is 1. The van der Waals surface area contributed by atoms with Crippen molar-refractivity contribution < 1.29 is 9.59 Å². The second kappa shape index (κ2) is 12.5. The van der Waals surface area contributed by atoms with Crippen LogP contribution < -0.4 is 10.6 Å². The number of carbonyl (C=O) groups excluding carboxylic acids is 2. The van der Waals surface area contributed by atoms with E-state index in [4.69, 9.17) is 4.98 Å². The lowest BCUT2D eigenvalue weighted by atomic mass is 9.83. The SMILES string of the molecule is CCCN(Cc1nc(-c2cccc3ccccc23)cs1)C(=O)C(NC(=O)[C@H](C)NC)C1CCCCC1. The molecule has 192 valence electrons. The molecule has 0 radical (unpaired) electrons. The highest BCUT2D eigenvalue weighted by Gasteiger charge is 2.34. The van der Waals surface area contributed by atoms with Crippen molar-refractivity contribution in [3.8, 4) is 11.3 Å². The minimum absolute atomic E-state index is 0.0160. The maximum absolute atomic E-state index is 13.9. The van der Waals surface area contributed by atoms with E-state index in [1.807, 2.05) is 17.9 Å². The van der Waals surface area contributed by atoms with Crippen LogP contribution in [0.3, 0.4) is 0 Å². The van der Waals surface area contributed by atoms with E-state index in [1.54, 1.807) is 18.4 Å². The van der Waals surface area contributed by atoms with Gasteiger partial charge in [0.15, 0.2) is 0 Å². The van der Waals surface area contributed by atoms with Gasteiger partial charge in [0.1, 0.15) is 11.0 Å². The van der Waals surface area contributed by atoms with Crippen LogP contribution in [0.2, 0.25) is 0 Å². The molecule has 4 rings (SSSR count). The first-order chi connectivity index (χ1) is 17.5. The molecule has 0 aliphatic heterocycles. The molecular weight excluding hydrogens is 468 g/mol. The number of carbonyl (C=O) groups is 2. The van der Waals surface area contributed by atoms with Crippen molar-refractivity contribution in [3.05, 3.63) is 52.9 Å². The van der Waals surface area contributed by atoms with E-state index in [1.165, 1.54) is 17.2 Å². The van der Waals surface area contributed by atoms with E-state index in [9.17, 15) is 9.59 Å². The Kier molecular flexibility index (Phi) is 9.10. The van der Waals surface area contributed by atoms with Crippen LogP contribution in [0.25, 0.3) is 22.0 Å². The lowest BCUT2D eigenvalue weighted by molar-refractivity contribution is -0.139. The molecule has 2 amide bonds. The highest BCUT2D eigenvalue weighted by Crippen LogP contribution is 2.31. The Labute approximate surface area is 218 Å². The average molecular weight is 507 g/mol. The molecule has 2 aromatic carbocycles. The van der Waals surface area contributed by atoms with Crippen LogP contribution in [0, 0.1) is 5.92 Å². The van der Waals surface area contributed by atoms with Gasteiger partial charge in [-0.2, -0.15) is 0 Å². The molecule has 0 saturated heterocycles. The third-order valence-electron chi connectivity index (χ3n) is 7.26. The predicted molar refractivity (Wildman–Crippen MR) is 148 cm³/mol. The highest BCUT2D eigenvalue weighted by atomic mass is 32.1. The van der Waals surface area contributed by atoms with Gasteiger partial charge in [-0.05, 0) is 49.9 Å². The largest absolute Gasteiger partial charge is 0.343 e. The number of nitrogens with one attached hydrogen (secondary N) is 2. The fraction of sp³-hybridized carbons (Fsp3) is 0.483. The molecule has 1 saturated carbocycles. The average Bonchev–Trinajstić information content (AvgIpc) is 3.39. The smallest absolute Gasteiger partial charge is 0.245 e. The van der Waals surface area contributed by atoms with Crippen LogP contribution in [0.1, 0.15) is 57.4 Å². The summed E-state index contributed by atoms with van der Waals surface area (Å²) in [7, 11) is 1.76. The molecule has 1 unspecified atom stereocenters. The zero-order valence-electron chi connectivity index (χ0n) is 21.6. The van der Waals surface area contributed by atoms with Gasteiger partial charge in [0.05, 0.1) is 18.3 Å². The number of amides is 2. The molecule has 0 bridgehead atoms. The van der Waals surface area contributed by atoms with E-state index < -0.39 is 6.04 Å². The van der Waals surface area contributed by atoms with Gasteiger partial charge in [-0.1, -0.05) is 68.7 Å². The minimum atomic E-state index is -0.488. The van der Waals surface area contributed by atoms with Gasteiger partial charge in [0.25, 0.3) is 0 Å². The number of likely N-dealkylation sites (N-methyl/N-ethyl adjacent to an activating group) is 1. The summed E-state index contributed by atoms with van der Waals surface area (Å²) >= 11 is 1.59. The molecule has 7 heteroatoms. The van der Waals surface area contributed by atoms with E-state index in [2.05, 4.69) is 59.3 Å². The van der Waals surface area contributed by atoms with Crippen molar-refractivity contribution >= 4 is 33.9 Å². The molecule has 1 aliphatic rings. The molecule has 1 aromatic heterocycles. The lowest BCUT2D eigenvalue weighted by Gasteiger charge is -2.34. The summed E-state index contributed by atoms with van der Waals surface area (Å²) < 4.78 is 0. The number of nitrogens with zero attached hydrogens (tertiary/aromatic N) is 2. The number of hydrogen-bond donors (Lipinski definition) is 2. The Bertz CT molecular complexity index is 1170. The summed E-state index contributed by atoms with van der Waals surface area (Å²) in [6.07, 6.45) is 6.24. The number of aromatic nitrogens is 1. The second-order valence-electron chi connectivity index (χ2n) is 9.81. The van der Waals surface area contributed by atoms with Crippen molar-refractivity contribution in [2.75, 3.05) is 13.6 Å². The molecule has 36 heavy (non-hydrogen) atoms. The first kappa shape index (κ1) is 26.3. The van der Waals surface area contributed by atoms with Crippen molar-refractivity contribution in [1.82, 2.24) is 20.5 Å². The molecule has 2 N–H and O–H groups in total. The summed E-state index contributed by atoms with van der Waals surface area (Å²) in [6, 6.07) is 13.8. The topological polar surface area (TPSA) is 74.3 Å². The van der Waals surface area contributed by atoms with Gasteiger partial charge in [0, 0.05) is 17.5 Å². The third kappa shape index (κ3) is 6.13. The summed E-state index contributed by atoms with van der Waals surface area (Å²) in [5, 5.41) is 11.5. The first-order valence-corrected chi connectivity index (χ1v) is 14.1. The van der Waals surface area contributed by atoms with Crippen molar-refractivity contribution in [2.45, 2.75) is 71.0 Å². The van der Waals surface area contributed by atoms with Crippen molar-refractivity contribution in [2.24, 2.45) is 5.92 Å². The van der Waals surface area contributed by atoms with Crippen molar-refractivity contribution in [1.29, 1.82) is 0 Å². The Hall–Kier alpha value is -2.77. The first-order valence-electron chi connectivity index (χ1n) is 13.2. The fourth-order valence-corrected chi connectivity index (χ4v) is 5.92. The van der Waals surface area contributed by atoms with E-state index in [-0.39, 0.29) is 23.8 Å². The lowest BCUT2D eigenvalue weighted by Crippen LogP contribution is -2.55. The molecule has 0 spiro atoms. The molecule has 2 atom stereocenters. The Morgan fingerprint density at radius 3 is 2.61 bits per heavy atom. The van der Waals surface area contributed by atoms with Crippen LogP contribution in [0.15, 0.2) is 47.8 Å². The zero-order valence-corrected chi connectivity index (χ0v) is 22.4. The minimum Gasteiger partial charge on any atom is -0.343 e. The van der Waals surface area contributed by atoms with Crippen LogP contribution in [-0.4, -0.2) is 47.4 Å². The number of fused-ring (bicyclic) bond motifs is 1. The third-order valence-corrected chi connectivity index (χ3v) is 8.09. The summed E-state index contributed by atoms with van der Waals surface area (Å²) in [4.78, 5) is 33.5. The Morgan fingerprint density at radius 1 is 1.11 bits per heavy atom. The van der Waals surface area contributed by atoms with Gasteiger partial charge in [-0.25, -0.2) is 4.98 Å². The molecule has 1 heterocycles. The summed E-state index contributed by atoms with van der Waals surface area (Å²) in [5.74, 6) is 0.0776. The Balaban J connectivity index is 1.56. The standard InChI is InChI=1S/C29H38N4O2S/c1-4-17-33(29(35)27(22-12-6-5-7-13-22)32-28(34)20(2)30-3)18-26-31-25(19-36-26)24-16-10-14-21-11-8-9-15-23(21)24/h8-11,14-16,19-20,22,27,30H,4-7,12-13,17-18H2,1-3H3,(H,32,34)/t20-,27?/m0/s1. The van der Waals surface area contributed by atoms with E-state index in [0.29, 0.717) is 13.1 Å². The molecule has 1 aliphatic carbocycles. The quantitative estimate of drug-likeness (QED) is 0.387. The van der Waals surface area contributed by atoms with Gasteiger partial charge < -0.3 is 15.5 Å². The molecule has 1 fully saturated rings. The van der Waals surface area contributed by atoms with Crippen LogP contribution in [0.5, 0.6) is 0 Å². The van der Waals surface area contributed by atoms with Crippen LogP contribution in [-0.2, 0) is 16.1 Å². The van der Waals surface area contributed by atoms with Gasteiger partial charge in [-0.3, -0.25) is 9.59 Å². The Morgan fingerprint density at radius 2 is 1.86 bits per heavy atom. The number of hydrogen-bond acceptors (Lipinski definition) is 5. The number of benzene rings is 2. The van der Waals surface area contributed by atoms with Gasteiger partial charge >= 0.3 is 0 Å². The maximum atomic E-state index is 13.9. The maximum Gasteiger partial charge on any atom is 0.245 e. The van der Waals surface area contributed by atoms with Crippen molar-refractivity contribution in [3.63, 3.8) is 0 Å². The molecular formula is C29H38N4O2S. The van der Waals surface area contributed by atoms with E-state index in [0.717, 1.165) is 48.4 Å². The predicted octanol–water partition coefficient (Wildman–Crippen LogP) is 5.37. The fourth-order valence-electron chi connectivity index (χ4n) is 5.11. The monoisotopic (exact) mass is 506 g/mol. The summed E-state index contributed by atoms with van der Waals surface area (Å²) in [6.45, 7) is 5.01. The zero-order chi connectivity index (χ0) is 25.5. The van der Waals surface area contributed by atoms with Crippen LogP contribution in [0.4, 0.5) is 0 Å². The highest BCUT2D eigenvalue weighted by molar-refractivity contribution is 7.10. The molecule has 6 nitrogen and oxygen atoms in total. The second-order valence-corrected chi connectivity index (χ2v) is 10.8. The molecule has 3 aromatic rings.